The van der Waals surface area contributed by atoms with Crippen molar-refractivity contribution in [3.8, 4) is 0 Å². The number of nitrogens with zero attached hydrogens (tertiary/aromatic N) is 2. The molecule has 3 N–H and O–H groups in total. The van der Waals surface area contributed by atoms with Gasteiger partial charge in [-0.15, -0.1) is 0 Å². The van der Waals surface area contributed by atoms with Gasteiger partial charge in [0.05, 0.1) is 17.7 Å². The standard InChI is InChI=1S/C13H18N4O2/c1-3-7-13(2,8-18)14-12(19)9-5-4-6-10-11(9)16-17-15-10/h4-6,18H,3,7-8H2,1-2H3,(H,14,19)(H,15,16,17)/t13-/m0/s1. The molecule has 0 radical (unpaired) electrons. The van der Waals surface area contributed by atoms with Gasteiger partial charge < -0.3 is 10.4 Å². The Balaban J connectivity index is 2.27. The van der Waals surface area contributed by atoms with Crippen molar-refractivity contribution in [3.05, 3.63) is 23.8 Å². The molecule has 1 heterocycles. The van der Waals surface area contributed by atoms with Crippen LogP contribution in [0.5, 0.6) is 0 Å². The number of H-pyrrole nitrogens is 1. The van der Waals surface area contributed by atoms with Crippen molar-refractivity contribution >= 4 is 16.9 Å². The van der Waals surface area contributed by atoms with Gasteiger partial charge in [-0.05, 0) is 25.5 Å². The summed E-state index contributed by atoms with van der Waals surface area (Å²) in [6.45, 7) is 3.75. The van der Waals surface area contributed by atoms with E-state index in [0.29, 0.717) is 23.0 Å². The number of aliphatic hydroxyl groups excluding tert-OH is 1. The van der Waals surface area contributed by atoms with Crippen LogP contribution in [0.2, 0.25) is 0 Å². The van der Waals surface area contributed by atoms with Crippen LogP contribution in [0, 0.1) is 0 Å². The molecule has 0 aliphatic rings. The Morgan fingerprint density at radius 2 is 2.26 bits per heavy atom. The largest absolute Gasteiger partial charge is 0.394 e. The second kappa shape index (κ2) is 5.36. The average Bonchev–Trinajstić information content (AvgIpc) is 2.86. The normalized spacial score (nSPS) is 14.3. The molecule has 6 nitrogen and oxygen atoms in total. The van der Waals surface area contributed by atoms with Crippen molar-refractivity contribution in [2.24, 2.45) is 0 Å². The zero-order valence-electron chi connectivity index (χ0n) is 11.1. The molecule has 1 aromatic carbocycles. The van der Waals surface area contributed by atoms with Gasteiger partial charge in [0.25, 0.3) is 5.91 Å². The van der Waals surface area contributed by atoms with E-state index in [4.69, 9.17) is 0 Å². The smallest absolute Gasteiger partial charge is 0.254 e. The number of aromatic nitrogens is 3. The average molecular weight is 262 g/mol. The number of nitrogens with one attached hydrogen (secondary N) is 2. The molecule has 0 spiro atoms. The third-order valence-electron chi connectivity index (χ3n) is 3.16. The van der Waals surface area contributed by atoms with Gasteiger partial charge >= 0.3 is 0 Å². The summed E-state index contributed by atoms with van der Waals surface area (Å²) in [5.41, 5.74) is 1.03. The van der Waals surface area contributed by atoms with E-state index >= 15 is 0 Å². The number of aliphatic hydroxyl groups is 1. The molecule has 2 rings (SSSR count). The third kappa shape index (κ3) is 2.73. The van der Waals surface area contributed by atoms with E-state index < -0.39 is 5.54 Å². The molecular weight excluding hydrogens is 244 g/mol. The maximum Gasteiger partial charge on any atom is 0.254 e. The fourth-order valence-electron chi connectivity index (χ4n) is 2.13. The maximum absolute atomic E-state index is 12.3. The maximum atomic E-state index is 12.3. The molecule has 1 amide bonds. The summed E-state index contributed by atoms with van der Waals surface area (Å²) in [6.07, 6.45) is 1.59. The van der Waals surface area contributed by atoms with Crippen molar-refractivity contribution in [2.45, 2.75) is 32.2 Å². The van der Waals surface area contributed by atoms with Crippen molar-refractivity contribution in [2.75, 3.05) is 6.61 Å². The highest BCUT2D eigenvalue weighted by atomic mass is 16.3. The molecule has 19 heavy (non-hydrogen) atoms. The Kier molecular flexibility index (Phi) is 3.80. The summed E-state index contributed by atoms with van der Waals surface area (Å²) in [5.74, 6) is -0.246. The van der Waals surface area contributed by atoms with Gasteiger partial charge in [0.15, 0.2) is 0 Å². The molecule has 102 valence electrons. The number of aromatic amines is 1. The van der Waals surface area contributed by atoms with Crippen LogP contribution in [0.4, 0.5) is 0 Å². The summed E-state index contributed by atoms with van der Waals surface area (Å²) in [4.78, 5) is 12.3. The molecule has 2 aromatic rings. The molecule has 1 aromatic heterocycles. The molecular formula is C13H18N4O2. The highest BCUT2D eigenvalue weighted by Crippen LogP contribution is 2.17. The lowest BCUT2D eigenvalue weighted by Gasteiger charge is -2.28. The lowest BCUT2D eigenvalue weighted by molar-refractivity contribution is 0.0842. The molecule has 0 aliphatic heterocycles. The summed E-state index contributed by atoms with van der Waals surface area (Å²) in [6, 6.07) is 5.24. The summed E-state index contributed by atoms with van der Waals surface area (Å²) >= 11 is 0. The summed E-state index contributed by atoms with van der Waals surface area (Å²) in [7, 11) is 0. The van der Waals surface area contributed by atoms with E-state index in [0.717, 1.165) is 6.42 Å². The third-order valence-corrected chi connectivity index (χ3v) is 3.16. The highest BCUT2D eigenvalue weighted by molar-refractivity contribution is 6.04. The van der Waals surface area contributed by atoms with E-state index in [-0.39, 0.29) is 12.5 Å². The van der Waals surface area contributed by atoms with E-state index in [2.05, 4.69) is 20.7 Å². The van der Waals surface area contributed by atoms with Crippen molar-refractivity contribution in [1.29, 1.82) is 0 Å². The highest BCUT2D eigenvalue weighted by Gasteiger charge is 2.26. The zero-order valence-corrected chi connectivity index (χ0v) is 11.1. The predicted octanol–water partition coefficient (Wildman–Crippen LogP) is 1.24. The van der Waals surface area contributed by atoms with E-state index in [9.17, 15) is 9.90 Å². The molecule has 0 unspecified atom stereocenters. The van der Waals surface area contributed by atoms with Crippen LogP contribution in [-0.4, -0.2) is 38.6 Å². The minimum Gasteiger partial charge on any atom is -0.394 e. The van der Waals surface area contributed by atoms with Gasteiger partial charge in [-0.1, -0.05) is 19.4 Å². The fourth-order valence-corrected chi connectivity index (χ4v) is 2.13. The second-order valence-corrected chi connectivity index (χ2v) is 4.92. The van der Waals surface area contributed by atoms with E-state index in [1.54, 1.807) is 18.2 Å². The predicted molar refractivity (Wildman–Crippen MR) is 71.8 cm³/mol. The van der Waals surface area contributed by atoms with Gasteiger partial charge in [-0.2, -0.15) is 15.4 Å². The Morgan fingerprint density at radius 3 is 2.95 bits per heavy atom. The van der Waals surface area contributed by atoms with Crippen LogP contribution < -0.4 is 5.32 Å². The van der Waals surface area contributed by atoms with Crippen LogP contribution in [0.3, 0.4) is 0 Å². The first-order valence-electron chi connectivity index (χ1n) is 6.32. The Morgan fingerprint density at radius 1 is 1.47 bits per heavy atom. The molecule has 0 bridgehead atoms. The first kappa shape index (κ1) is 13.5. The van der Waals surface area contributed by atoms with E-state index in [1.807, 2.05) is 13.8 Å². The van der Waals surface area contributed by atoms with Crippen LogP contribution in [0.15, 0.2) is 18.2 Å². The van der Waals surface area contributed by atoms with Gasteiger partial charge in [-0.25, -0.2) is 0 Å². The van der Waals surface area contributed by atoms with Crippen molar-refractivity contribution < 1.29 is 9.90 Å². The number of benzene rings is 1. The molecule has 0 saturated carbocycles. The number of hydrogen-bond donors (Lipinski definition) is 3. The van der Waals surface area contributed by atoms with Gasteiger partial charge in [0.2, 0.25) is 0 Å². The zero-order chi connectivity index (χ0) is 13.9. The summed E-state index contributed by atoms with van der Waals surface area (Å²) in [5, 5.41) is 22.7. The number of carbonyl (C=O) groups excluding carboxylic acids is 1. The molecule has 0 fully saturated rings. The quantitative estimate of drug-likeness (QED) is 0.756. The minimum absolute atomic E-state index is 0.0959. The Bertz CT molecular complexity index is 581. The lowest BCUT2D eigenvalue weighted by atomic mass is 9.96. The fraction of sp³-hybridized carbons (Fsp3) is 0.462. The first-order chi connectivity index (χ1) is 9.09. The minimum atomic E-state index is -0.613. The molecule has 0 aliphatic carbocycles. The Labute approximate surface area is 111 Å². The van der Waals surface area contributed by atoms with Crippen LogP contribution in [-0.2, 0) is 0 Å². The molecule has 6 heteroatoms. The van der Waals surface area contributed by atoms with Crippen LogP contribution in [0.1, 0.15) is 37.0 Å². The van der Waals surface area contributed by atoms with Crippen molar-refractivity contribution in [3.63, 3.8) is 0 Å². The summed E-state index contributed by atoms with van der Waals surface area (Å²) < 4.78 is 0. The van der Waals surface area contributed by atoms with Gasteiger partial charge in [-0.3, -0.25) is 4.79 Å². The van der Waals surface area contributed by atoms with Gasteiger partial charge in [0, 0.05) is 0 Å². The topological polar surface area (TPSA) is 90.9 Å². The van der Waals surface area contributed by atoms with Gasteiger partial charge in [0.1, 0.15) is 11.0 Å². The molecule has 0 saturated heterocycles. The second-order valence-electron chi connectivity index (χ2n) is 4.92. The first-order valence-corrected chi connectivity index (χ1v) is 6.32. The number of para-hydroxylation sites is 1. The van der Waals surface area contributed by atoms with Crippen molar-refractivity contribution in [1.82, 2.24) is 20.7 Å². The number of hydrogen-bond acceptors (Lipinski definition) is 4. The lowest BCUT2D eigenvalue weighted by Crippen LogP contribution is -2.48. The SMILES string of the molecule is CCC[C@@](C)(CO)NC(=O)c1cccc2n[nH]nc12. The van der Waals surface area contributed by atoms with Crippen LogP contribution in [0.25, 0.3) is 11.0 Å². The number of rotatable bonds is 5. The van der Waals surface area contributed by atoms with E-state index in [1.165, 1.54) is 0 Å². The number of amides is 1. The van der Waals surface area contributed by atoms with Crippen LogP contribution >= 0.6 is 0 Å². The Hall–Kier alpha value is -1.95. The number of carbonyl (C=O) groups is 1. The number of fused-ring (bicyclic) bond motifs is 1. The molecule has 1 atom stereocenters. The monoisotopic (exact) mass is 262 g/mol.